The molecule has 24 heavy (non-hydrogen) atoms. The lowest BCUT2D eigenvalue weighted by molar-refractivity contribution is -0.135. The summed E-state index contributed by atoms with van der Waals surface area (Å²) < 4.78 is 24.5. The lowest BCUT2D eigenvalue weighted by Gasteiger charge is -2.48. The Balaban J connectivity index is 2.19. The van der Waals surface area contributed by atoms with Crippen LogP contribution in [0.5, 0.6) is 0 Å². The molecule has 0 aromatic heterocycles. The molecule has 1 saturated heterocycles. The van der Waals surface area contributed by atoms with Crippen LogP contribution >= 0.6 is 0 Å². The van der Waals surface area contributed by atoms with Crippen LogP contribution in [0.4, 0.5) is 0 Å². The highest BCUT2D eigenvalue weighted by Gasteiger charge is 2.50. The molecule has 1 heterocycles. The van der Waals surface area contributed by atoms with Gasteiger partial charge < -0.3 is 4.90 Å². The predicted octanol–water partition coefficient (Wildman–Crippen LogP) is 1.66. The van der Waals surface area contributed by atoms with E-state index >= 15 is 0 Å². The van der Waals surface area contributed by atoms with Crippen molar-refractivity contribution in [3.05, 3.63) is 35.4 Å². The third-order valence-electron chi connectivity index (χ3n) is 4.43. The maximum atomic E-state index is 12.7. The number of sulfonamides is 1. The number of hydrogen-bond acceptors (Lipinski definition) is 4. The van der Waals surface area contributed by atoms with Gasteiger partial charge in [-0.2, -0.15) is 0 Å². The molecule has 1 aliphatic heterocycles. The number of carbonyl (C=O) groups excluding carboxylic acids is 2. The summed E-state index contributed by atoms with van der Waals surface area (Å²) in [7, 11) is -3.66. The molecule has 1 unspecified atom stereocenters. The van der Waals surface area contributed by atoms with Gasteiger partial charge in [0.05, 0.1) is 6.26 Å². The van der Waals surface area contributed by atoms with Crippen molar-refractivity contribution in [2.24, 2.45) is 0 Å². The zero-order chi connectivity index (χ0) is 18.3. The van der Waals surface area contributed by atoms with Crippen LogP contribution in [0.3, 0.4) is 0 Å². The number of nitrogens with zero attached hydrogens (tertiary/aromatic N) is 1. The van der Waals surface area contributed by atoms with Gasteiger partial charge in [0, 0.05) is 12.1 Å². The molecule has 0 saturated carbocycles. The second-order valence-corrected chi connectivity index (χ2v) is 9.26. The molecule has 1 N–H and O–H groups in total. The Kier molecular flexibility index (Phi) is 4.52. The minimum absolute atomic E-state index is 0.0117. The molecule has 1 aliphatic rings. The molecule has 2 rings (SSSR count). The summed E-state index contributed by atoms with van der Waals surface area (Å²) in [5, 5.41) is 0. The highest BCUT2D eigenvalue weighted by Crippen LogP contribution is 2.32. The van der Waals surface area contributed by atoms with E-state index < -0.39 is 21.5 Å². The van der Waals surface area contributed by atoms with Crippen molar-refractivity contribution in [2.75, 3.05) is 12.8 Å². The smallest absolute Gasteiger partial charge is 0.259 e. The van der Waals surface area contributed by atoms with Gasteiger partial charge in [0.25, 0.3) is 11.8 Å². The average Bonchev–Trinajstić information content (AvgIpc) is 2.42. The number of carbonyl (C=O) groups is 2. The number of benzene rings is 1. The summed E-state index contributed by atoms with van der Waals surface area (Å²) in [6.45, 7) is 8.27. The van der Waals surface area contributed by atoms with Gasteiger partial charge in [0.2, 0.25) is 10.0 Å². The zero-order valence-corrected chi connectivity index (χ0v) is 15.5. The summed E-state index contributed by atoms with van der Waals surface area (Å²) >= 11 is 0. The third kappa shape index (κ3) is 3.61. The molecule has 1 fully saturated rings. The Morgan fingerprint density at radius 1 is 1.17 bits per heavy atom. The number of hydrogen-bond donors (Lipinski definition) is 1. The van der Waals surface area contributed by atoms with Crippen molar-refractivity contribution in [1.82, 2.24) is 9.62 Å². The SMILES string of the molecule is CC(C)(C)c1ccc(C(=O)N2CCC2(C)C(=O)NS(C)(=O)=O)cc1. The van der Waals surface area contributed by atoms with Gasteiger partial charge in [-0.15, -0.1) is 0 Å². The van der Waals surface area contributed by atoms with Gasteiger partial charge in [-0.25, -0.2) is 8.42 Å². The van der Waals surface area contributed by atoms with Crippen LogP contribution in [-0.4, -0.2) is 43.5 Å². The zero-order valence-electron chi connectivity index (χ0n) is 14.7. The molecule has 1 aromatic rings. The minimum Gasteiger partial charge on any atom is -0.324 e. The molecular weight excluding hydrogens is 328 g/mol. The predicted molar refractivity (Wildman–Crippen MR) is 92.2 cm³/mol. The van der Waals surface area contributed by atoms with E-state index in [9.17, 15) is 18.0 Å². The summed E-state index contributed by atoms with van der Waals surface area (Å²) in [6.07, 6.45) is 1.35. The van der Waals surface area contributed by atoms with E-state index in [0.29, 0.717) is 18.5 Å². The molecule has 1 atom stereocenters. The Morgan fingerprint density at radius 2 is 1.71 bits per heavy atom. The normalized spacial score (nSPS) is 21.1. The van der Waals surface area contributed by atoms with Crippen LogP contribution in [0.25, 0.3) is 0 Å². The van der Waals surface area contributed by atoms with Crippen molar-refractivity contribution in [3.8, 4) is 0 Å². The molecular formula is C17H24N2O4S. The summed E-state index contributed by atoms with van der Waals surface area (Å²) in [5.74, 6) is -0.941. The molecule has 7 heteroatoms. The van der Waals surface area contributed by atoms with Crippen molar-refractivity contribution in [1.29, 1.82) is 0 Å². The first kappa shape index (κ1) is 18.4. The van der Waals surface area contributed by atoms with Gasteiger partial charge in [-0.1, -0.05) is 32.9 Å². The molecule has 0 radical (unpaired) electrons. The van der Waals surface area contributed by atoms with E-state index in [1.165, 1.54) is 4.90 Å². The second kappa shape index (κ2) is 5.88. The summed E-state index contributed by atoms with van der Waals surface area (Å²) in [6, 6.07) is 7.30. The van der Waals surface area contributed by atoms with E-state index in [1.807, 2.05) is 16.9 Å². The first-order valence-electron chi connectivity index (χ1n) is 7.79. The van der Waals surface area contributed by atoms with E-state index in [2.05, 4.69) is 20.8 Å². The van der Waals surface area contributed by atoms with Gasteiger partial charge in [0.15, 0.2) is 0 Å². The van der Waals surface area contributed by atoms with E-state index in [1.54, 1.807) is 19.1 Å². The Morgan fingerprint density at radius 3 is 2.08 bits per heavy atom. The molecule has 132 valence electrons. The average molecular weight is 352 g/mol. The van der Waals surface area contributed by atoms with Gasteiger partial charge in [-0.05, 0) is 36.5 Å². The molecule has 0 bridgehead atoms. The fraction of sp³-hybridized carbons (Fsp3) is 0.529. The third-order valence-corrected chi connectivity index (χ3v) is 4.98. The summed E-state index contributed by atoms with van der Waals surface area (Å²) in [5.41, 5.74) is 0.451. The van der Waals surface area contributed by atoms with Crippen molar-refractivity contribution in [2.45, 2.75) is 45.1 Å². The lowest BCUT2D eigenvalue weighted by Crippen LogP contribution is -2.67. The Bertz CT molecular complexity index is 763. The van der Waals surface area contributed by atoms with Crippen LogP contribution in [0.1, 0.15) is 50.0 Å². The van der Waals surface area contributed by atoms with Gasteiger partial charge in [0.1, 0.15) is 5.54 Å². The van der Waals surface area contributed by atoms with Crippen LogP contribution < -0.4 is 4.72 Å². The van der Waals surface area contributed by atoms with Crippen LogP contribution in [0, 0.1) is 0 Å². The second-order valence-electron chi connectivity index (χ2n) is 7.51. The number of rotatable bonds is 3. The topological polar surface area (TPSA) is 83.6 Å². The monoisotopic (exact) mass is 352 g/mol. The van der Waals surface area contributed by atoms with Crippen molar-refractivity contribution in [3.63, 3.8) is 0 Å². The van der Waals surface area contributed by atoms with Crippen LogP contribution in [0.15, 0.2) is 24.3 Å². The number of likely N-dealkylation sites (tertiary alicyclic amines) is 1. The van der Waals surface area contributed by atoms with Crippen LogP contribution in [-0.2, 0) is 20.2 Å². The molecule has 6 nitrogen and oxygen atoms in total. The largest absolute Gasteiger partial charge is 0.324 e. The lowest BCUT2D eigenvalue weighted by atomic mass is 9.84. The van der Waals surface area contributed by atoms with E-state index in [4.69, 9.17) is 0 Å². The molecule has 2 amide bonds. The summed E-state index contributed by atoms with van der Waals surface area (Å²) in [4.78, 5) is 26.3. The first-order chi connectivity index (χ1) is 10.8. The highest BCUT2D eigenvalue weighted by molar-refractivity contribution is 7.89. The Hall–Kier alpha value is -1.89. The van der Waals surface area contributed by atoms with Gasteiger partial charge in [-0.3, -0.25) is 14.3 Å². The fourth-order valence-corrected chi connectivity index (χ4v) is 3.22. The van der Waals surface area contributed by atoms with Crippen molar-refractivity contribution >= 4 is 21.8 Å². The van der Waals surface area contributed by atoms with Crippen molar-refractivity contribution < 1.29 is 18.0 Å². The quantitative estimate of drug-likeness (QED) is 0.897. The van der Waals surface area contributed by atoms with E-state index in [0.717, 1.165) is 11.8 Å². The van der Waals surface area contributed by atoms with Gasteiger partial charge >= 0.3 is 0 Å². The first-order valence-corrected chi connectivity index (χ1v) is 9.68. The van der Waals surface area contributed by atoms with E-state index in [-0.39, 0.29) is 11.3 Å². The molecule has 0 spiro atoms. The number of amides is 2. The number of nitrogens with one attached hydrogen (secondary N) is 1. The van der Waals surface area contributed by atoms with Crippen LogP contribution in [0.2, 0.25) is 0 Å². The maximum absolute atomic E-state index is 12.7. The minimum atomic E-state index is -3.66. The standard InChI is InChI=1S/C17H24N2O4S/c1-16(2,3)13-8-6-12(7-9-13)14(20)19-11-10-17(19,4)15(21)18-24(5,22)23/h6-9H,10-11H2,1-5H3,(H,18,21). The fourth-order valence-electron chi connectivity index (χ4n) is 2.67. The Labute approximate surface area is 143 Å². The molecule has 0 aliphatic carbocycles. The molecule has 1 aromatic carbocycles. The highest BCUT2D eigenvalue weighted by atomic mass is 32.2. The maximum Gasteiger partial charge on any atom is 0.259 e.